The lowest BCUT2D eigenvalue weighted by Crippen LogP contribution is -2.28. The molecule has 3 heteroatoms. The minimum Gasteiger partial charge on any atom is -0.457 e. The van der Waals surface area contributed by atoms with Gasteiger partial charge in [-0.15, -0.1) is 0 Å². The first-order valence-electron chi connectivity index (χ1n) is 3.60. The van der Waals surface area contributed by atoms with Crippen molar-refractivity contribution in [2.75, 3.05) is 0 Å². The van der Waals surface area contributed by atoms with E-state index in [2.05, 4.69) is 0 Å². The van der Waals surface area contributed by atoms with Crippen molar-refractivity contribution in [2.24, 2.45) is 0 Å². The van der Waals surface area contributed by atoms with Crippen LogP contribution in [0.1, 0.15) is 0 Å². The summed E-state index contributed by atoms with van der Waals surface area (Å²) in [7, 11) is 0. The van der Waals surface area contributed by atoms with E-state index in [1.807, 2.05) is 24.3 Å². The Hall–Kier alpha value is -1.77. The van der Waals surface area contributed by atoms with Crippen LogP contribution in [0, 0.1) is 0 Å². The van der Waals surface area contributed by atoms with Gasteiger partial charge in [-0.05, 0) is 11.5 Å². The first kappa shape index (κ1) is 6.91. The molecule has 1 aromatic carbocycles. The summed E-state index contributed by atoms with van der Waals surface area (Å²) in [6.45, 7) is 0. The number of pyridine rings is 1. The summed E-state index contributed by atoms with van der Waals surface area (Å²) >= 11 is 0. The molecular weight excluding hydrogens is 154 g/mol. The topological polar surface area (TPSA) is 44.3 Å². The monoisotopic (exact) mass is 162 g/mol. The minimum absolute atomic E-state index is 0.159. The van der Waals surface area contributed by atoms with Gasteiger partial charge >= 0.3 is 5.88 Å². The Morgan fingerprint density at radius 1 is 1.08 bits per heavy atom. The summed E-state index contributed by atoms with van der Waals surface area (Å²) in [5, 5.41) is 20.0. The van der Waals surface area contributed by atoms with Crippen molar-refractivity contribution in [3.8, 4) is 5.88 Å². The van der Waals surface area contributed by atoms with Crippen molar-refractivity contribution < 1.29 is 15.0 Å². The standard InChI is InChI=1S/C9H7NO2/c11-9-5-7-3-1-2-4-8(7)6-10(9)12/h1-6,12H/p+1. The zero-order valence-corrected chi connectivity index (χ0v) is 6.31. The van der Waals surface area contributed by atoms with Crippen molar-refractivity contribution in [3.63, 3.8) is 0 Å². The van der Waals surface area contributed by atoms with E-state index >= 15 is 0 Å². The zero-order valence-electron chi connectivity index (χ0n) is 6.31. The molecule has 0 fully saturated rings. The van der Waals surface area contributed by atoms with Crippen LogP contribution in [0.4, 0.5) is 0 Å². The third-order valence-electron chi connectivity index (χ3n) is 1.78. The molecule has 0 aliphatic carbocycles. The Balaban J connectivity index is 2.84. The highest BCUT2D eigenvalue weighted by Crippen LogP contribution is 2.14. The van der Waals surface area contributed by atoms with Crippen molar-refractivity contribution >= 4 is 10.8 Å². The third kappa shape index (κ3) is 0.955. The fraction of sp³-hybridized carbons (Fsp3) is 0. The summed E-state index contributed by atoms with van der Waals surface area (Å²) < 4.78 is 0.697. The first-order valence-corrected chi connectivity index (χ1v) is 3.60. The molecule has 1 heterocycles. The molecular formula is C9H8NO2+. The number of benzene rings is 1. The second-order valence-corrected chi connectivity index (χ2v) is 2.61. The highest BCUT2D eigenvalue weighted by molar-refractivity contribution is 5.81. The van der Waals surface area contributed by atoms with Gasteiger partial charge in [0, 0.05) is 4.73 Å². The fourth-order valence-corrected chi connectivity index (χ4v) is 1.16. The number of aromatic hydroxyl groups is 1. The van der Waals surface area contributed by atoms with Crippen molar-refractivity contribution in [3.05, 3.63) is 36.5 Å². The van der Waals surface area contributed by atoms with Crippen LogP contribution in [-0.2, 0) is 0 Å². The van der Waals surface area contributed by atoms with Crippen molar-refractivity contribution in [1.82, 2.24) is 0 Å². The number of nitrogens with zero attached hydrogens (tertiary/aromatic N) is 1. The van der Waals surface area contributed by atoms with E-state index in [0.717, 1.165) is 10.8 Å². The van der Waals surface area contributed by atoms with Crippen LogP contribution in [0.25, 0.3) is 10.8 Å². The van der Waals surface area contributed by atoms with E-state index in [0.29, 0.717) is 4.73 Å². The van der Waals surface area contributed by atoms with E-state index in [9.17, 15) is 0 Å². The van der Waals surface area contributed by atoms with E-state index in [1.54, 1.807) is 0 Å². The summed E-state index contributed by atoms with van der Waals surface area (Å²) in [6, 6.07) is 8.99. The Bertz CT molecular complexity index is 385. The largest absolute Gasteiger partial charge is 0.457 e. The van der Waals surface area contributed by atoms with Crippen LogP contribution in [0.15, 0.2) is 36.5 Å². The molecule has 60 valence electrons. The maximum atomic E-state index is 9.13. The molecule has 2 aromatic rings. The highest BCUT2D eigenvalue weighted by Gasteiger charge is 2.08. The lowest BCUT2D eigenvalue weighted by atomic mass is 10.2. The molecule has 0 spiro atoms. The van der Waals surface area contributed by atoms with Gasteiger partial charge in [-0.2, -0.15) is 0 Å². The molecule has 12 heavy (non-hydrogen) atoms. The van der Waals surface area contributed by atoms with Gasteiger partial charge in [0.15, 0.2) is 0 Å². The molecule has 0 aliphatic heterocycles. The quantitative estimate of drug-likeness (QED) is 0.449. The molecule has 0 aliphatic rings. The number of aromatic nitrogens is 1. The Morgan fingerprint density at radius 2 is 1.75 bits per heavy atom. The maximum Gasteiger partial charge on any atom is 0.414 e. The van der Waals surface area contributed by atoms with E-state index in [-0.39, 0.29) is 5.88 Å². The minimum atomic E-state index is -0.159. The van der Waals surface area contributed by atoms with Gasteiger partial charge in [0.1, 0.15) is 0 Å². The van der Waals surface area contributed by atoms with E-state index in [4.69, 9.17) is 10.3 Å². The Morgan fingerprint density at radius 3 is 2.50 bits per heavy atom. The first-order chi connectivity index (χ1) is 5.77. The summed E-state index contributed by atoms with van der Waals surface area (Å²) in [6.07, 6.45) is 1.46. The molecule has 0 saturated heterocycles. The summed E-state index contributed by atoms with van der Waals surface area (Å²) in [5.41, 5.74) is 0. The van der Waals surface area contributed by atoms with Crippen LogP contribution >= 0.6 is 0 Å². The normalized spacial score (nSPS) is 10.3. The van der Waals surface area contributed by atoms with E-state index < -0.39 is 0 Å². The van der Waals surface area contributed by atoms with Gasteiger partial charge < -0.3 is 5.11 Å². The smallest absolute Gasteiger partial charge is 0.414 e. The lowest BCUT2D eigenvalue weighted by Gasteiger charge is -1.93. The number of rotatable bonds is 0. The fourth-order valence-electron chi connectivity index (χ4n) is 1.16. The molecule has 0 atom stereocenters. The molecule has 0 radical (unpaired) electrons. The zero-order chi connectivity index (χ0) is 8.55. The van der Waals surface area contributed by atoms with Crippen LogP contribution < -0.4 is 4.73 Å². The van der Waals surface area contributed by atoms with Gasteiger partial charge in [-0.3, -0.25) is 5.21 Å². The number of hydrogen-bond acceptors (Lipinski definition) is 2. The van der Waals surface area contributed by atoms with Gasteiger partial charge in [-0.1, -0.05) is 18.2 Å². The third-order valence-corrected chi connectivity index (χ3v) is 1.78. The Labute approximate surface area is 69.1 Å². The van der Waals surface area contributed by atoms with Gasteiger partial charge in [0.25, 0.3) is 0 Å². The summed E-state index contributed by atoms with van der Waals surface area (Å²) in [5.74, 6) is -0.159. The maximum absolute atomic E-state index is 9.13. The van der Waals surface area contributed by atoms with Crippen LogP contribution in [0.3, 0.4) is 0 Å². The average molecular weight is 162 g/mol. The number of hydrogen-bond donors (Lipinski definition) is 2. The number of fused-ring (bicyclic) bond motifs is 1. The average Bonchev–Trinajstić information content (AvgIpc) is 2.07. The Kier molecular flexibility index (Phi) is 1.37. The van der Waals surface area contributed by atoms with Crippen LogP contribution in [-0.4, -0.2) is 10.3 Å². The second kappa shape index (κ2) is 2.37. The lowest BCUT2D eigenvalue weighted by molar-refractivity contribution is -0.906. The summed E-state index contributed by atoms with van der Waals surface area (Å²) in [4.78, 5) is 0. The molecule has 0 unspecified atom stereocenters. The van der Waals surface area contributed by atoms with E-state index in [1.165, 1.54) is 12.3 Å². The van der Waals surface area contributed by atoms with Crippen molar-refractivity contribution in [1.29, 1.82) is 0 Å². The second-order valence-electron chi connectivity index (χ2n) is 2.61. The molecule has 0 saturated carbocycles. The van der Waals surface area contributed by atoms with Crippen molar-refractivity contribution in [2.45, 2.75) is 0 Å². The predicted molar refractivity (Wildman–Crippen MR) is 43.0 cm³/mol. The van der Waals surface area contributed by atoms with Gasteiger partial charge in [0.2, 0.25) is 6.20 Å². The molecule has 3 nitrogen and oxygen atoms in total. The molecule has 0 amide bonds. The SMILES string of the molecule is Oc1cc2ccccc2c[n+]1O. The predicted octanol–water partition coefficient (Wildman–Crippen LogP) is 1.07. The molecule has 2 N–H and O–H groups in total. The van der Waals surface area contributed by atoms with Crippen LogP contribution in [0.5, 0.6) is 5.88 Å². The highest BCUT2D eigenvalue weighted by atomic mass is 16.5. The van der Waals surface area contributed by atoms with Gasteiger partial charge in [0.05, 0.1) is 11.5 Å². The molecule has 0 bridgehead atoms. The van der Waals surface area contributed by atoms with Crippen LogP contribution in [0.2, 0.25) is 0 Å². The molecule has 2 rings (SSSR count). The molecule has 1 aromatic heterocycles. The van der Waals surface area contributed by atoms with Gasteiger partial charge in [-0.25, -0.2) is 0 Å².